The number of alkyl halides is 3. The van der Waals surface area contributed by atoms with Crippen molar-refractivity contribution in [3.8, 4) is 0 Å². The standard InChI is InChI=1S/C13H11BrF3N3O/c14-9-4-8-2-1-3-10(12(8)19-5-9)20-11(21)6-18-7-13(15,16)17/h1-5,18H,6-7H2,(H,20,21). The Morgan fingerprint density at radius 3 is 2.81 bits per heavy atom. The lowest BCUT2D eigenvalue weighted by molar-refractivity contribution is -0.126. The summed E-state index contributed by atoms with van der Waals surface area (Å²) >= 11 is 3.29. The first-order chi connectivity index (χ1) is 9.85. The summed E-state index contributed by atoms with van der Waals surface area (Å²) in [5.41, 5.74) is 1.03. The first kappa shape index (κ1) is 15.7. The fourth-order valence-corrected chi connectivity index (χ4v) is 2.10. The lowest BCUT2D eigenvalue weighted by atomic mass is 10.2. The predicted molar refractivity (Wildman–Crippen MR) is 77.0 cm³/mol. The molecule has 0 fully saturated rings. The van der Waals surface area contributed by atoms with E-state index in [9.17, 15) is 18.0 Å². The molecule has 4 nitrogen and oxygen atoms in total. The minimum atomic E-state index is -4.34. The summed E-state index contributed by atoms with van der Waals surface area (Å²) in [7, 11) is 0. The van der Waals surface area contributed by atoms with Gasteiger partial charge in [0.25, 0.3) is 0 Å². The van der Waals surface area contributed by atoms with Gasteiger partial charge in [0.05, 0.1) is 24.3 Å². The van der Waals surface area contributed by atoms with E-state index in [0.717, 1.165) is 9.86 Å². The third kappa shape index (κ3) is 4.68. The van der Waals surface area contributed by atoms with Crippen LogP contribution in [0.3, 0.4) is 0 Å². The normalized spacial score (nSPS) is 11.6. The smallest absolute Gasteiger partial charge is 0.323 e. The third-order valence-corrected chi connectivity index (χ3v) is 3.00. The first-order valence-corrected chi connectivity index (χ1v) is 6.76. The summed E-state index contributed by atoms with van der Waals surface area (Å²) in [5, 5.41) is 5.39. The topological polar surface area (TPSA) is 54.0 Å². The van der Waals surface area contributed by atoms with Gasteiger partial charge in [-0.25, -0.2) is 0 Å². The second-order valence-electron chi connectivity index (χ2n) is 4.30. The quantitative estimate of drug-likeness (QED) is 0.879. The molecule has 0 aliphatic heterocycles. The van der Waals surface area contributed by atoms with Gasteiger partial charge >= 0.3 is 6.18 Å². The van der Waals surface area contributed by atoms with Gasteiger partial charge in [-0.05, 0) is 28.1 Å². The number of hydrogen-bond acceptors (Lipinski definition) is 3. The van der Waals surface area contributed by atoms with Gasteiger partial charge < -0.3 is 10.6 Å². The number of pyridine rings is 1. The van der Waals surface area contributed by atoms with Crippen molar-refractivity contribution in [2.45, 2.75) is 6.18 Å². The van der Waals surface area contributed by atoms with E-state index in [-0.39, 0.29) is 0 Å². The molecule has 0 bridgehead atoms. The summed E-state index contributed by atoms with van der Waals surface area (Å²) in [6, 6.07) is 7.03. The Kier molecular flexibility index (Phi) is 4.79. The largest absolute Gasteiger partial charge is 0.401 e. The van der Waals surface area contributed by atoms with Crippen molar-refractivity contribution in [3.63, 3.8) is 0 Å². The number of rotatable bonds is 4. The van der Waals surface area contributed by atoms with Crippen molar-refractivity contribution in [1.29, 1.82) is 0 Å². The van der Waals surface area contributed by atoms with Gasteiger partial charge in [-0.2, -0.15) is 13.2 Å². The lowest BCUT2D eigenvalue weighted by Gasteiger charge is -2.10. The zero-order valence-corrected chi connectivity index (χ0v) is 12.3. The molecule has 0 saturated carbocycles. The molecule has 0 aliphatic carbocycles. The minimum Gasteiger partial charge on any atom is -0.323 e. The molecule has 2 aromatic rings. The molecule has 2 rings (SSSR count). The van der Waals surface area contributed by atoms with E-state index in [1.807, 2.05) is 17.4 Å². The number of aromatic nitrogens is 1. The number of carbonyl (C=O) groups is 1. The summed E-state index contributed by atoms with van der Waals surface area (Å²) in [6.45, 7) is -1.63. The Bertz CT molecular complexity index is 661. The van der Waals surface area contributed by atoms with Gasteiger partial charge in [0.2, 0.25) is 5.91 Å². The minimum absolute atomic E-state index is 0.424. The van der Waals surface area contributed by atoms with Gasteiger partial charge in [-0.3, -0.25) is 9.78 Å². The van der Waals surface area contributed by atoms with Crippen LogP contribution in [0.5, 0.6) is 0 Å². The van der Waals surface area contributed by atoms with Crippen LogP contribution in [-0.2, 0) is 4.79 Å². The molecule has 1 aromatic heterocycles. The maximum absolute atomic E-state index is 12.0. The second kappa shape index (κ2) is 6.40. The molecular weight excluding hydrogens is 351 g/mol. The molecule has 0 radical (unpaired) electrons. The molecule has 1 aromatic carbocycles. The summed E-state index contributed by atoms with van der Waals surface area (Å²) in [5.74, 6) is -0.559. The summed E-state index contributed by atoms with van der Waals surface area (Å²) in [6.07, 6.45) is -2.76. The highest BCUT2D eigenvalue weighted by Gasteiger charge is 2.26. The van der Waals surface area contributed by atoms with Crippen LogP contribution in [0.25, 0.3) is 10.9 Å². The van der Waals surface area contributed by atoms with Gasteiger partial charge in [-0.1, -0.05) is 12.1 Å². The zero-order chi connectivity index (χ0) is 15.5. The van der Waals surface area contributed by atoms with Gasteiger partial charge in [0, 0.05) is 16.1 Å². The molecule has 1 amide bonds. The number of benzene rings is 1. The number of para-hydroxylation sites is 1. The number of nitrogens with one attached hydrogen (secondary N) is 2. The number of fused-ring (bicyclic) bond motifs is 1. The van der Waals surface area contributed by atoms with Crippen molar-refractivity contribution in [2.24, 2.45) is 0 Å². The number of amides is 1. The molecule has 0 atom stereocenters. The van der Waals surface area contributed by atoms with E-state index in [4.69, 9.17) is 0 Å². The number of anilines is 1. The second-order valence-corrected chi connectivity index (χ2v) is 5.21. The van der Waals surface area contributed by atoms with Crippen LogP contribution in [-0.4, -0.2) is 30.2 Å². The molecule has 0 unspecified atom stereocenters. The average molecular weight is 362 g/mol. The third-order valence-electron chi connectivity index (χ3n) is 2.56. The van der Waals surface area contributed by atoms with E-state index in [1.54, 1.807) is 18.3 Å². The first-order valence-electron chi connectivity index (χ1n) is 5.97. The van der Waals surface area contributed by atoms with Gasteiger partial charge in [0.1, 0.15) is 0 Å². The van der Waals surface area contributed by atoms with Crippen molar-refractivity contribution < 1.29 is 18.0 Å². The van der Waals surface area contributed by atoms with Crippen molar-refractivity contribution in [3.05, 3.63) is 34.9 Å². The fraction of sp³-hybridized carbons (Fsp3) is 0.231. The van der Waals surface area contributed by atoms with Crippen LogP contribution < -0.4 is 10.6 Å². The molecule has 112 valence electrons. The Balaban J connectivity index is 2.04. The number of hydrogen-bond donors (Lipinski definition) is 2. The van der Waals surface area contributed by atoms with Gasteiger partial charge in [0.15, 0.2) is 0 Å². The highest BCUT2D eigenvalue weighted by Crippen LogP contribution is 2.23. The Labute approximate surface area is 126 Å². The van der Waals surface area contributed by atoms with Crippen LogP contribution in [0, 0.1) is 0 Å². The molecule has 21 heavy (non-hydrogen) atoms. The van der Waals surface area contributed by atoms with Crippen molar-refractivity contribution >= 4 is 38.4 Å². The van der Waals surface area contributed by atoms with E-state index >= 15 is 0 Å². The van der Waals surface area contributed by atoms with E-state index in [1.165, 1.54) is 0 Å². The maximum Gasteiger partial charge on any atom is 0.401 e. The maximum atomic E-state index is 12.0. The van der Waals surface area contributed by atoms with Crippen molar-refractivity contribution in [1.82, 2.24) is 10.3 Å². The zero-order valence-electron chi connectivity index (χ0n) is 10.7. The average Bonchev–Trinajstić information content (AvgIpc) is 2.37. The van der Waals surface area contributed by atoms with E-state index in [2.05, 4.69) is 26.2 Å². The van der Waals surface area contributed by atoms with Crippen LogP contribution in [0.2, 0.25) is 0 Å². The molecule has 2 N–H and O–H groups in total. The molecule has 0 saturated heterocycles. The highest BCUT2D eigenvalue weighted by atomic mass is 79.9. The number of nitrogens with zero attached hydrogens (tertiary/aromatic N) is 1. The summed E-state index contributed by atoms with van der Waals surface area (Å²) < 4.78 is 36.7. The van der Waals surface area contributed by atoms with E-state index in [0.29, 0.717) is 11.2 Å². The predicted octanol–water partition coefficient (Wildman–Crippen LogP) is 3.09. The SMILES string of the molecule is O=C(CNCC(F)(F)F)Nc1cccc2cc(Br)cnc12. The lowest BCUT2D eigenvalue weighted by Crippen LogP contribution is -2.35. The molecule has 0 aliphatic rings. The molecule has 0 spiro atoms. The van der Waals surface area contributed by atoms with Crippen molar-refractivity contribution in [2.75, 3.05) is 18.4 Å². The molecule has 1 heterocycles. The molecule has 8 heteroatoms. The van der Waals surface area contributed by atoms with Crippen LogP contribution in [0.1, 0.15) is 0 Å². The number of halogens is 4. The summed E-state index contributed by atoms with van der Waals surface area (Å²) in [4.78, 5) is 15.8. The van der Waals surface area contributed by atoms with Gasteiger partial charge in [-0.15, -0.1) is 0 Å². The van der Waals surface area contributed by atoms with Crippen LogP contribution in [0.15, 0.2) is 34.9 Å². The highest BCUT2D eigenvalue weighted by molar-refractivity contribution is 9.10. The number of carbonyl (C=O) groups excluding carboxylic acids is 1. The molecular formula is C13H11BrF3N3O. The fourth-order valence-electron chi connectivity index (χ4n) is 1.75. The Hall–Kier alpha value is -1.67. The Morgan fingerprint density at radius 1 is 1.33 bits per heavy atom. The van der Waals surface area contributed by atoms with Crippen LogP contribution in [0.4, 0.5) is 18.9 Å². The monoisotopic (exact) mass is 361 g/mol. The Morgan fingerprint density at radius 2 is 2.10 bits per heavy atom. The van der Waals surface area contributed by atoms with E-state index < -0.39 is 25.2 Å². The van der Waals surface area contributed by atoms with Crippen LogP contribution >= 0.6 is 15.9 Å².